The molecule has 2 bridgehead atoms. The van der Waals surface area contributed by atoms with Gasteiger partial charge in [-0.15, -0.1) is 0 Å². The predicted octanol–water partition coefficient (Wildman–Crippen LogP) is 6.10. The molecule has 9 aliphatic rings. The molecule has 0 aromatic heterocycles. The van der Waals surface area contributed by atoms with Crippen LogP contribution in [0.4, 0.5) is 10.1 Å². The molecule has 5 aliphatic heterocycles. The van der Waals surface area contributed by atoms with Gasteiger partial charge in [-0.1, -0.05) is 78.6 Å². The highest BCUT2D eigenvalue weighted by molar-refractivity contribution is 6.31. The first-order valence-corrected chi connectivity index (χ1v) is 22.8. The molecule has 4 saturated carbocycles. The standard InChI is InChI=1S/C48H47Cl2FN6O5/c49-29-12-13-33-35(22-29)52-44(62)48(33)38(31-8-5-9-34(50)39(31)51)40(54-47(48)18-2-1-3-19-47)42(60)55-45-24-46(25-45,26-45)56-20-16-27(17-21-56)10-11-28-6-4-7-30-32(28)23-57(43(30)61)36-14-15-37(58)53-41(36)59/h4-9,12-13,22,27,36,38,40,54H,1-3,14-21,23-26H2,(H,52,62)(H,55,60)(H,53,58,59)/t36?,38-,40+,45?,46?,48+/m0/s1. The number of rotatable bonds is 5. The monoisotopic (exact) mass is 876 g/mol. The second-order valence-electron chi connectivity index (χ2n) is 19.1. The van der Waals surface area contributed by atoms with Crippen molar-refractivity contribution < 1.29 is 28.4 Å². The molecule has 3 aromatic rings. The Labute approximate surface area is 369 Å². The Hall–Kier alpha value is -4.80. The lowest BCUT2D eigenvalue weighted by atomic mass is 9.43. The van der Waals surface area contributed by atoms with Crippen LogP contribution in [0.15, 0.2) is 54.6 Å². The fourth-order valence-corrected chi connectivity index (χ4v) is 13.5. The van der Waals surface area contributed by atoms with Crippen molar-refractivity contribution in [3.63, 3.8) is 0 Å². The first-order chi connectivity index (χ1) is 29.9. The Balaban J connectivity index is 0.783. The molecule has 14 heteroatoms. The zero-order valence-electron chi connectivity index (χ0n) is 34.2. The van der Waals surface area contributed by atoms with Gasteiger partial charge in [0.25, 0.3) is 5.91 Å². The summed E-state index contributed by atoms with van der Waals surface area (Å²) in [6, 6.07) is 14.2. The Morgan fingerprint density at radius 1 is 0.903 bits per heavy atom. The summed E-state index contributed by atoms with van der Waals surface area (Å²) in [6.07, 6.45) is 8.91. The lowest BCUT2D eigenvalue weighted by Crippen LogP contribution is -2.84. The number of imide groups is 1. The van der Waals surface area contributed by atoms with Crippen LogP contribution in [-0.2, 0) is 31.1 Å². The summed E-state index contributed by atoms with van der Waals surface area (Å²) in [5, 5.41) is 13.1. The van der Waals surface area contributed by atoms with E-state index in [4.69, 9.17) is 23.2 Å². The first-order valence-electron chi connectivity index (χ1n) is 22.0. The highest BCUT2D eigenvalue weighted by atomic mass is 35.5. The summed E-state index contributed by atoms with van der Waals surface area (Å²) in [5.41, 5.74) is 1.35. The molecule has 4 atom stereocenters. The highest BCUT2D eigenvalue weighted by Gasteiger charge is 2.74. The van der Waals surface area contributed by atoms with Gasteiger partial charge < -0.3 is 15.5 Å². The van der Waals surface area contributed by atoms with Crippen LogP contribution in [0.5, 0.6) is 0 Å². The molecule has 5 heterocycles. The van der Waals surface area contributed by atoms with E-state index in [0.29, 0.717) is 42.1 Å². The van der Waals surface area contributed by atoms with Gasteiger partial charge in [0.05, 0.1) is 11.1 Å². The SMILES string of the molecule is O=C1CCC(N2Cc3c(C#CC4CCN(C56CC(NC(=O)[C@@H]7NC8(CCCCC8)[C@@]8(C(=O)Nc9cc(Cl)ccc98)[C@H]7c7cccc(Cl)c7F)(C5)C6)CC4)cccc3C2=O)C(=O)N1. The third kappa shape index (κ3) is 5.80. The van der Waals surface area contributed by atoms with Gasteiger partial charge in [0.1, 0.15) is 17.3 Å². The highest BCUT2D eigenvalue weighted by Crippen LogP contribution is 2.66. The Kier molecular flexibility index (Phi) is 9.27. The molecule has 2 spiro atoms. The van der Waals surface area contributed by atoms with Crippen molar-refractivity contribution in [3.8, 4) is 11.8 Å². The van der Waals surface area contributed by atoms with E-state index in [2.05, 4.69) is 38.0 Å². The van der Waals surface area contributed by atoms with Crippen molar-refractivity contribution >= 4 is 58.4 Å². The minimum absolute atomic E-state index is 0.0166. The third-order valence-electron chi connectivity index (χ3n) is 15.9. The molecule has 0 radical (unpaired) electrons. The van der Waals surface area contributed by atoms with Crippen molar-refractivity contribution in [1.29, 1.82) is 0 Å². The number of anilines is 1. The number of carbonyl (C=O) groups excluding carboxylic acids is 5. The summed E-state index contributed by atoms with van der Waals surface area (Å²) in [6.45, 7) is 2.07. The van der Waals surface area contributed by atoms with Gasteiger partial charge in [0.15, 0.2) is 0 Å². The molecule has 3 aromatic carbocycles. The van der Waals surface area contributed by atoms with Gasteiger partial charge in [-0.2, -0.15) is 0 Å². The first kappa shape index (κ1) is 40.0. The van der Waals surface area contributed by atoms with E-state index in [1.54, 1.807) is 35.2 Å². The van der Waals surface area contributed by atoms with E-state index >= 15 is 4.39 Å². The van der Waals surface area contributed by atoms with Crippen molar-refractivity contribution in [2.24, 2.45) is 5.92 Å². The zero-order chi connectivity index (χ0) is 42.8. The molecule has 4 N–H and O–H groups in total. The smallest absolute Gasteiger partial charge is 0.255 e. The lowest BCUT2D eigenvalue weighted by molar-refractivity contribution is -0.189. The van der Waals surface area contributed by atoms with Crippen LogP contribution < -0.4 is 21.3 Å². The number of halogens is 3. The number of carbonyl (C=O) groups is 5. The zero-order valence-corrected chi connectivity index (χ0v) is 35.7. The van der Waals surface area contributed by atoms with Gasteiger partial charge in [-0.25, -0.2) is 4.39 Å². The summed E-state index contributed by atoms with van der Waals surface area (Å²) >= 11 is 12.9. The molecular formula is C48H47Cl2FN6O5. The van der Waals surface area contributed by atoms with E-state index in [0.717, 1.165) is 81.1 Å². The number of benzene rings is 3. The van der Waals surface area contributed by atoms with Crippen molar-refractivity contribution in [3.05, 3.63) is 98.3 Å². The van der Waals surface area contributed by atoms with Crippen LogP contribution in [0.3, 0.4) is 0 Å². The van der Waals surface area contributed by atoms with Gasteiger partial charge in [0.2, 0.25) is 23.6 Å². The number of nitrogens with zero attached hydrogens (tertiary/aromatic N) is 2. The molecule has 5 amide bonds. The normalized spacial score (nSPS) is 32.0. The Bertz CT molecular complexity index is 2540. The lowest BCUT2D eigenvalue weighted by Gasteiger charge is -2.74. The fraction of sp³-hybridized carbons (Fsp3) is 0.479. The van der Waals surface area contributed by atoms with E-state index in [1.807, 2.05) is 18.2 Å². The number of piperidine rings is 2. The molecule has 11 nitrogen and oxygen atoms in total. The summed E-state index contributed by atoms with van der Waals surface area (Å²) in [7, 11) is 0. The molecule has 7 fully saturated rings. The fourth-order valence-electron chi connectivity index (χ4n) is 13.1. The van der Waals surface area contributed by atoms with Crippen LogP contribution in [0.2, 0.25) is 10.0 Å². The minimum Gasteiger partial charge on any atom is -0.349 e. The van der Waals surface area contributed by atoms with Crippen molar-refractivity contribution in [1.82, 2.24) is 25.8 Å². The number of hydrogen-bond acceptors (Lipinski definition) is 7. The summed E-state index contributed by atoms with van der Waals surface area (Å²) < 4.78 is 16.4. The molecule has 1 unspecified atom stereocenters. The van der Waals surface area contributed by atoms with Crippen LogP contribution in [0.25, 0.3) is 0 Å². The Morgan fingerprint density at radius 3 is 2.42 bits per heavy atom. The third-order valence-corrected chi connectivity index (χ3v) is 16.4. The summed E-state index contributed by atoms with van der Waals surface area (Å²) in [5.74, 6) is 4.17. The number of fused-ring (bicyclic) bond motifs is 4. The molecule has 12 rings (SSSR count). The quantitative estimate of drug-likeness (QED) is 0.180. The van der Waals surface area contributed by atoms with Gasteiger partial charge >= 0.3 is 0 Å². The topological polar surface area (TPSA) is 140 Å². The average molecular weight is 878 g/mol. The molecule has 4 aliphatic carbocycles. The second kappa shape index (κ2) is 14.4. The van der Waals surface area contributed by atoms with Gasteiger partial charge in [-0.3, -0.25) is 39.5 Å². The van der Waals surface area contributed by atoms with Gasteiger partial charge in [-0.05, 0) is 111 Å². The molecule has 3 saturated heterocycles. The minimum atomic E-state index is -1.27. The number of hydrogen-bond donors (Lipinski definition) is 4. The van der Waals surface area contributed by atoms with E-state index in [9.17, 15) is 24.0 Å². The average Bonchev–Trinajstić information content (AvgIpc) is 3.83. The van der Waals surface area contributed by atoms with Crippen LogP contribution >= 0.6 is 23.2 Å². The van der Waals surface area contributed by atoms with Gasteiger partial charge in [0, 0.05) is 63.3 Å². The second-order valence-corrected chi connectivity index (χ2v) is 20.0. The largest absolute Gasteiger partial charge is 0.349 e. The number of likely N-dealkylation sites (tertiary alicyclic amines) is 1. The predicted molar refractivity (Wildman–Crippen MR) is 230 cm³/mol. The maximum atomic E-state index is 16.4. The maximum absolute atomic E-state index is 16.4. The molecular weight excluding hydrogens is 830 g/mol. The van der Waals surface area contributed by atoms with Crippen LogP contribution in [-0.4, -0.2) is 81.1 Å². The van der Waals surface area contributed by atoms with Crippen LogP contribution in [0, 0.1) is 23.6 Å². The van der Waals surface area contributed by atoms with E-state index < -0.39 is 40.7 Å². The Morgan fingerprint density at radius 2 is 1.66 bits per heavy atom. The van der Waals surface area contributed by atoms with E-state index in [1.165, 1.54) is 6.07 Å². The maximum Gasteiger partial charge on any atom is 0.255 e. The summed E-state index contributed by atoms with van der Waals surface area (Å²) in [4.78, 5) is 71.3. The van der Waals surface area contributed by atoms with Crippen molar-refractivity contribution in [2.75, 3.05) is 18.4 Å². The van der Waals surface area contributed by atoms with E-state index in [-0.39, 0.29) is 57.6 Å². The van der Waals surface area contributed by atoms with Crippen molar-refractivity contribution in [2.45, 2.75) is 124 Å². The number of amides is 5. The molecule has 320 valence electrons. The number of nitrogens with one attached hydrogen (secondary N) is 4. The molecule has 62 heavy (non-hydrogen) atoms. The van der Waals surface area contributed by atoms with Crippen LogP contribution in [0.1, 0.15) is 116 Å².